The van der Waals surface area contributed by atoms with Crippen LogP contribution in [0.15, 0.2) is 0 Å². The highest BCUT2D eigenvalue weighted by atomic mass is 31.2. The van der Waals surface area contributed by atoms with Gasteiger partial charge in [-0.15, -0.1) is 0 Å². The summed E-state index contributed by atoms with van der Waals surface area (Å²) >= 11 is 0. The van der Waals surface area contributed by atoms with Crippen LogP contribution >= 0.6 is 15.2 Å². The van der Waals surface area contributed by atoms with Gasteiger partial charge in [0, 0.05) is 27.5 Å². The van der Waals surface area contributed by atoms with Crippen molar-refractivity contribution in [3.63, 3.8) is 0 Å². The average Bonchev–Trinajstić information content (AvgIpc) is 2.33. The molecule has 10 nitrogen and oxygen atoms in total. The molecule has 0 aliphatic rings. The molecule has 4 unspecified atom stereocenters. The van der Waals surface area contributed by atoms with E-state index in [9.17, 15) is 18.7 Å². The van der Waals surface area contributed by atoms with Gasteiger partial charge in [0.25, 0.3) is 0 Å². The molecule has 0 aromatic heterocycles. The van der Waals surface area contributed by atoms with Crippen molar-refractivity contribution in [1.29, 1.82) is 0 Å². The Morgan fingerprint density at radius 1 is 0.850 bits per heavy atom. The third kappa shape index (κ3) is 6.13. The topological polar surface area (TPSA) is 146 Å². The van der Waals surface area contributed by atoms with Crippen molar-refractivity contribution in [2.45, 2.75) is 12.2 Å². The molecule has 0 heterocycles. The Morgan fingerprint density at radius 3 is 1.25 bits per heavy atom. The van der Waals surface area contributed by atoms with Crippen LogP contribution in [0, 0.1) is 0 Å². The predicted molar refractivity (Wildman–Crippen MR) is 66.1 cm³/mol. The van der Waals surface area contributed by atoms with Gasteiger partial charge in [0.2, 0.25) is 12.2 Å². The van der Waals surface area contributed by atoms with Crippen LogP contribution in [0.4, 0.5) is 0 Å². The quantitative estimate of drug-likeness (QED) is 0.582. The van der Waals surface area contributed by atoms with E-state index in [-0.39, 0.29) is 0 Å². The standard InChI is InChI=1S/C8H16O10P2/c1-15-19(3,13)17-5(7(9)10)6(8(11)12)18-20(4,14)16-2/h5-6H,1-4H3,(H,9,10)(H,11,12). The Labute approximate surface area is 115 Å². The molecule has 0 aromatic carbocycles. The average molecular weight is 334 g/mol. The minimum atomic E-state index is -3.81. The van der Waals surface area contributed by atoms with Crippen molar-refractivity contribution in [3.05, 3.63) is 0 Å². The van der Waals surface area contributed by atoms with Crippen LogP contribution in [-0.4, -0.2) is 61.9 Å². The van der Waals surface area contributed by atoms with Gasteiger partial charge in [-0.05, 0) is 0 Å². The Balaban J connectivity index is 5.38. The summed E-state index contributed by atoms with van der Waals surface area (Å²) in [6, 6.07) is 0. The Morgan fingerprint density at radius 2 is 1.10 bits per heavy atom. The Kier molecular flexibility index (Phi) is 7.03. The van der Waals surface area contributed by atoms with Crippen LogP contribution in [0.5, 0.6) is 0 Å². The molecular formula is C8H16O10P2. The van der Waals surface area contributed by atoms with Crippen molar-refractivity contribution in [3.8, 4) is 0 Å². The Bertz CT molecular complexity index is 418. The summed E-state index contributed by atoms with van der Waals surface area (Å²) in [7, 11) is -5.62. The molecule has 0 saturated heterocycles. The van der Waals surface area contributed by atoms with Crippen LogP contribution < -0.4 is 0 Å². The SMILES string of the molecule is COP(C)(=O)OC(C(=O)O)C(OP(C)(=O)OC)C(=O)O. The fourth-order valence-electron chi connectivity index (χ4n) is 0.958. The fraction of sp³-hybridized carbons (Fsp3) is 0.750. The third-order valence-electron chi connectivity index (χ3n) is 2.04. The van der Waals surface area contributed by atoms with Crippen molar-refractivity contribution < 1.29 is 47.0 Å². The number of hydrogen-bond donors (Lipinski definition) is 2. The van der Waals surface area contributed by atoms with Crippen LogP contribution in [0.3, 0.4) is 0 Å². The van der Waals surface area contributed by atoms with Gasteiger partial charge in [0.1, 0.15) is 0 Å². The first-order valence-corrected chi connectivity index (χ1v) is 9.02. The minimum Gasteiger partial charge on any atom is -0.479 e. The van der Waals surface area contributed by atoms with Crippen LogP contribution in [-0.2, 0) is 36.8 Å². The highest BCUT2D eigenvalue weighted by Crippen LogP contribution is 2.48. The van der Waals surface area contributed by atoms with Crippen molar-refractivity contribution in [2.24, 2.45) is 0 Å². The van der Waals surface area contributed by atoms with E-state index < -0.39 is 39.3 Å². The smallest absolute Gasteiger partial charge is 0.336 e. The predicted octanol–water partition coefficient (Wildman–Crippen LogP) is 0.865. The van der Waals surface area contributed by atoms with E-state index in [4.69, 9.17) is 10.2 Å². The normalized spacial score (nSPS) is 20.4. The molecule has 0 amide bonds. The molecule has 0 saturated carbocycles. The van der Waals surface area contributed by atoms with E-state index in [1.54, 1.807) is 0 Å². The number of rotatable bonds is 9. The lowest BCUT2D eigenvalue weighted by atomic mass is 10.2. The molecule has 118 valence electrons. The number of aliphatic carboxylic acids is 2. The zero-order valence-corrected chi connectivity index (χ0v) is 13.0. The fourth-order valence-corrected chi connectivity index (χ4v) is 2.36. The summed E-state index contributed by atoms with van der Waals surface area (Å²) in [5, 5.41) is 17.9. The summed E-state index contributed by atoms with van der Waals surface area (Å²) in [6.07, 6.45) is -4.38. The number of carbonyl (C=O) groups is 2. The van der Waals surface area contributed by atoms with E-state index in [0.717, 1.165) is 27.5 Å². The van der Waals surface area contributed by atoms with Crippen LogP contribution in [0.25, 0.3) is 0 Å². The molecule has 0 radical (unpaired) electrons. The van der Waals surface area contributed by atoms with Crippen molar-refractivity contribution in [2.75, 3.05) is 27.5 Å². The second-order valence-corrected chi connectivity index (χ2v) is 7.87. The van der Waals surface area contributed by atoms with Gasteiger partial charge in [-0.3, -0.25) is 18.2 Å². The van der Waals surface area contributed by atoms with E-state index in [1.807, 2.05) is 0 Å². The van der Waals surface area contributed by atoms with Crippen molar-refractivity contribution in [1.82, 2.24) is 0 Å². The third-order valence-corrected chi connectivity index (χ3v) is 4.58. The summed E-state index contributed by atoms with van der Waals surface area (Å²) in [6.45, 7) is 1.90. The molecule has 0 bridgehead atoms. The Hall–Kier alpha value is -0.760. The molecule has 0 aliphatic heterocycles. The lowest BCUT2D eigenvalue weighted by molar-refractivity contribution is -0.162. The highest BCUT2D eigenvalue weighted by Gasteiger charge is 2.43. The monoisotopic (exact) mass is 334 g/mol. The van der Waals surface area contributed by atoms with Crippen LogP contribution in [0.2, 0.25) is 0 Å². The van der Waals surface area contributed by atoms with E-state index in [1.165, 1.54) is 0 Å². The van der Waals surface area contributed by atoms with Gasteiger partial charge >= 0.3 is 27.1 Å². The molecule has 0 rings (SSSR count). The maximum absolute atomic E-state index is 11.6. The first-order chi connectivity index (χ1) is 8.95. The molecule has 0 fully saturated rings. The summed E-state index contributed by atoms with van der Waals surface area (Å²) in [5.41, 5.74) is 0. The van der Waals surface area contributed by atoms with Gasteiger partial charge in [0.15, 0.2) is 0 Å². The molecule has 4 atom stereocenters. The first-order valence-electron chi connectivity index (χ1n) is 5.04. The number of carboxylic acids is 2. The van der Waals surface area contributed by atoms with Crippen molar-refractivity contribution >= 4 is 27.1 Å². The summed E-state index contributed by atoms with van der Waals surface area (Å²) in [5.74, 6) is -3.54. The first kappa shape index (κ1) is 19.2. The van der Waals surface area contributed by atoms with Gasteiger partial charge in [0.05, 0.1) is 0 Å². The van der Waals surface area contributed by atoms with E-state index in [2.05, 4.69) is 18.1 Å². The van der Waals surface area contributed by atoms with Gasteiger partial charge in [-0.25, -0.2) is 9.59 Å². The largest absolute Gasteiger partial charge is 0.479 e. The zero-order chi connectivity index (χ0) is 16.1. The zero-order valence-electron chi connectivity index (χ0n) is 11.2. The lowest BCUT2D eigenvalue weighted by Gasteiger charge is -2.24. The number of carboxylic acid groups (broad SMARTS) is 2. The van der Waals surface area contributed by atoms with Gasteiger partial charge < -0.3 is 19.3 Å². The van der Waals surface area contributed by atoms with E-state index in [0.29, 0.717) is 0 Å². The second kappa shape index (κ2) is 7.31. The lowest BCUT2D eigenvalue weighted by Crippen LogP contribution is -2.42. The molecule has 20 heavy (non-hydrogen) atoms. The maximum Gasteiger partial charge on any atom is 0.336 e. The number of hydrogen-bond acceptors (Lipinski definition) is 8. The molecule has 12 heteroatoms. The summed E-state index contributed by atoms with van der Waals surface area (Å²) < 4.78 is 41.3. The van der Waals surface area contributed by atoms with E-state index >= 15 is 0 Å². The van der Waals surface area contributed by atoms with Crippen LogP contribution in [0.1, 0.15) is 0 Å². The highest BCUT2D eigenvalue weighted by molar-refractivity contribution is 7.53. The second-order valence-electron chi connectivity index (χ2n) is 3.64. The molecular weight excluding hydrogens is 318 g/mol. The summed E-state index contributed by atoms with van der Waals surface area (Å²) in [4.78, 5) is 22.1. The molecule has 0 aromatic rings. The van der Waals surface area contributed by atoms with Gasteiger partial charge in [-0.2, -0.15) is 0 Å². The molecule has 0 spiro atoms. The minimum absolute atomic E-state index is 0.948. The molecule has 2 N–H and O–H groups in total. The van der Waals surface area contributed by atoms with Gasteiger partial charge in [-0.1, -0.05) is 0 Å². The maximum atomic E-state index is 11.6. The molecule has 0 aliphatic carbocycles.